The summed E-state index contributed by atoms with van der Waals surface area (Å²) in [6, 6.07) is 15.8. The van der Waals surface area contributed by atoms with Gasteiger partial charge in [0.15, 0.2) is 11.5 Å². The number of anilines is 1. The number of likely N-dealkylation sites (tertiary alicyclic amines) is 1. The minimum atomic E-state index is -0.265. The van der Waals surface area contributed by atoms with E-state index in [1.807, 2.05) is 41.3 Å². The Balaban J connectivity index is 1.22. The SMILES string of the molecule is CCc1cccc(N2CC(C(=O)N3CCC(c4nc5ccccc5o4)CC3)CC2=O)c1. The molecule has 1 unspecified atom stereocenters. The van der Waals surface area contributed by atoms with Gasteiger partial charge >= 0.3 is 0 Å². The highest BCUT2D eigenvalue weighted by Gasteiger charge is 2.38. The zero-order chi connectivity index (χ0) is 21.4. The average molecular weight is 418 g/mol. The lowest BCUT2D eigenvalue weighted by Gasteiger charge is -2.32. The second-order valence-corrected chi connectivity index (χ2v) is 8.55. The number of benzene rings is 2. The predicted octanol–water partition coefficient (Wildman–Crippen LogP) is 4.15. The summed E-state index contributed by atoms with van der Waals surface area (Å²) in [6.45, 7) is 3.92. The number of carbonyl (C=O) groups excluding carboxylic acids is 2. The first-order valence-electron chi connectivity index (χ1n) is 11.2. The molecule has 0 saturated carbocycles. The quantitative estimate of drug-likeness (QED) is 0.640. The number of aryl methyl sites for hydroxylation is 1. The topological polar surface area (TPSA) is 66.7 Å². The summed E-state index contributed by atoms with van der Waals surface area (Å²) >= 11 is 0. The lowest BCUT2D eigenvalue weighted by molar-refractivity contribution is -0.136. The van der Waals surface area contributed by atoms with Crippen LogP contribution in [0.5, 0.6) is 0 Å². The van der Waals surface area contributed by atoms with E-state index in [0.29, 0.717) is 26.1 Å². The molecular formula is C25H27N3O3. The largest absolute Gasteiger partial charge is 0.440 e. The fourth-order valence-electron chi connectivity index (χ4n) is 4.74. The number of rotatable bonds is 4. The van der Waals surface area contributed by atoms with Gasteiger partial charge < -0.3 is 14.2 Å². The molecule has 0 aliphatic carbocycles. The van der Waals surface area contributed by atoms with Crippen molar-refractivity contribution in [2.24, 2.45) is 5.92 Å². The molecule has 0 spiro atoms. The molecule has 1 aromatic heterocycles. The van der Waals surface area contributed by atoms with E-state index in [9.17, 15) is 9.59 Å². The van der Waals surface area contributed by atoms with Crippen molar-refractivity contribution in [1.29, 1.82) is 0 Å². The molecule has 2 aromatic carbocycles. The Bertz CT molecular complexity index is 1080. The number of aromatic nitrogens is 1. The summed E-state index contributed by atoms with van der Waals surface area (Å²) in [4.78, 5) is 34.1. The molecule has 2 fully saturated rings. The van der Waals surface area contributed by atoms with Gasteiger partial charge in [0.1, 0.15) is 5.52 Å². The summed E-state index contributed by atoms with van der Waals surface area (Å²) in [6.07, 6.45) is 2.89. The van der Waals surface area contributed by atoms with Gasteiger partial charge in [-0.1, -0.05) is 31.2 Å². The van der Waals surface area contributed by atoms with Crippen LogP contribution in [0.15, 0.2) is 52.9 Å². The Morgan fingerprint density at radius 1 is 1.13 bits per heavy atom. The van der Waals surface area contributed by atoms with Crippen LogP contribution in [0, 0.1) is 5.92 Å². The van der Waals surface area contributed by atoms with E-state index in [1.54, 1.807) is 4.90 Å². The fraction of sp³-hybridized carbons (Fsp3) is 0.400. The number of fused-ring (bicyclic) bond motifs is 1. The van der Waals surface area contributed by atoms with E-state index in [4.69, 9.17) is 4.42 Å². The molecule has 0 N–H and O–H groups in total. The number of oxazole rings is 1. The van der Waals surface area contributed by atoms with Crippen LogP contribution in [0.3, 0.4) is 0 Å². The first kappa shape index (κ1) is 19.8. The highest BCUT2D eigenvalue weighted by molar-refractivity contribution is 6.00. The number of amides is 2. The smallest absolute Gasteiger partial charge is 0.228 e. The molecule has 6 heteroatoms. The third-order valence-electron chi connectivity index (χ3n) is 6.57. The maximum Gasteiger partial charge on any atom is 0.228 e. The maximum atomic E-state index is 13.1. The van der Waals surface area contributed by atoms with Gasteiger partial charge in [0, 0.05) is 37.7 Å². The molecule has 3 heterocycles. The molecule has 2 amide bonds. The third-order valence-corrected chi connectivity index (χ3v) is 6.57. The van der Waals surface area contributed by atoms with Crippen LogP contribution >= 0.6 is 0 Å². The van der Waals surface area contributed by atoms with Crippen molar-refractivity contribution >= 4 is 28.6 Å². The summed E-state index contributed by atoms with van der Waals surface area (Å²) in [7, 11) is 0. The third kappa shape index (κ3) is 3.82. The van der Waals surface area contributed by atoms with Crippen molar-refractivity contribution in [3.8, 4) is 0 Å². The minimum absolute atomic E-state index is 0.0352. The Kier molecular flexibility index (Phi) is 5.22. The molecule has 31 heavy (non-hydrogen) atoms. The lowest BCUT2D eigenvalue weighted by Crippen LogP contribution is -2.42. The molecular weight excluding hydrogens is 390 g/mol. The standard InChI is InChI=1S/C25H27N3O3/c1-2-17-6-5-7-20(14-17)28-16-19(15-23(28)29)25(30)27-12-10-18(11-13-27)24-26-21-8-3-4-9-22(21)31-24/h3-9,14,18-19H,2,10-13,15-16H2,1H3. The number of piperidine rings is 1. The molecule has 160 valence electrons. The maximum absolute atomic E-state index is 13.1. The van der Waals surface area contributed by atoms with E-state index in [0.717, 1.165) is 41.9 Å². The van der Waals surface area contributed by atoms with Crippen molar-refractivity contribution in [1.82, 2.24) is 9.88 Å². The molecule has 2 aliphatic rings. The van der Waals surface area contributed by atoms with Crippen molar-refractivity contribution in [2.75, 3.05) is 24.5 Å². The Morgan fingerprint density at radius 3 is 2.71 bits per heavy atom. The second kappa shape index (κ2) is 8.17. The minimum Gasteiger partial charge on any atom is -0.440 e. The molecule has 0 bridgehead atoms. The lowest BCUT2D eigenvalue weighted by atomic mass is 9.95. The molecule has 2 aliphatic heterocycles. The molecule has 2 saturated heterocycles. The highest BCUT2D eigenvalue weighted by atomic mass is 16.3. The summed E-state index contributed by atoms with van der Waals surface area (Å²) in [5, 5.41) is 0. The van der Waals surface area contributed by atoms with Gasteiger partial charge in [-0.3, -0.25) is 9.59 Å². The van der Waals surface area contributed by atoms with Crippen LogP contribution < -0.4 is 4.90 Å². The molecule has 3 aromatic rings. The van der Waals surface area contributed by atoms with E-state index in [1.165, 1.54) is 5.56 Å². The van der Waals surface area contributed by atoms with E-state index in [2.05, 4.69) is 24.0 Å². The highest BCUT2D eigenvalue weighted by Crippen LogP contribution is 2.32. The average Bonchev–Trinajstić information content (AvgIpc) is 3.42. The van der Waals surface area contributed by atoms with Crippen LogP contribution in [0.2, 0.25) is 0 Å². The van der Waals surface area contributed by atoms with Crippen LogP contribution in [0.1, 0.15) is 43.6 Å². The van der Waals surface area contributed by atoms with Crippen LogP contribution in [-0.4, -0.2) is 41.3 Å². The van der Waals surface area contributed by atoms with Gasteiger partial charge in [0.05, 0.1) is 5.92 Å². The first-order valence-corrected chi connectivity index (χ1v) is 11.2. The van der Waals surface area contributed by atoms with Crippen LogP contribution in [0.25, 0.3) is 11.1 Å². The summed E-state index contributed by atoms with van der Waals surface area (Å²) < 4.78 is 5.93. The van der Waals surface area contributed by atoms with Crippen molar-refractivity contribution < 1.29 is 14.0 Å². The number of hydrogen-bond acceptors (Lipinski definition) is 4. The summed E-state index contributed by atoms with van der Waals surface area (Å²) in [5.74, 6) is 0.867. The van der Waals surface area contributed by atoms with Gasteiger partial charge in [0.2, 0.25) is 11.8 Å². The number of para-hydroxylation sites is 2. The molecule has 6 nitrogen and oxygen atoms in total. The van der Waals surface area contributed by atoms with Crippen molar-refractivity contribution in [3.05, 3.63) is 60.0 Å². The van der Waals surface area contributed by atoms with Gasteiger partial charge in [-0.15, -0.1) is 0 Å². The normalized spacial score (nSPS) is 20.0. The van der Waals surface area contributed by atoms with Crippen LogP contribution in [-0.2, 0) is 16.0 Å². The van der Waals surface area contributed by atoms with Crippen molar-refractivity contribution in [3.63, 3.8) is 0 Å². The zero-order valence-electron chi connectivity index (χ0n) is 17.8. The summed E-state index contributed by atoms with van der Waals surface area (Å²) in [5.41, 5.74) is 3.79. The molecule has 0 radical (unpaired) electrons. The van der Waals surface area contributed by atoms with Crippen LogP contribution in [0.4, 0.5) is 5.69 Å². The van der Waals surface area contributed by atoms with Gasteiger partial charge in [0.25, 0.3) is 0 Å². The van der Waals surface area contributed by atoms with E-state index in [-0.39, 0.29) is 23.7 Å². The Labute approximate surface area is 181 Å². The Hall–Kier alpha value is -3.15. The zero-order valence-corrected chi connectivity index (χ0v) is 17.8. The molecule has 1 atom stereocenters. The predicted molar refractivity (Wildman–Crippen MR) is 119 cm³/mol. The number of carbonyl (C=O) groups is 2. The van der Waals surface area contributed by atoms with E-state index >= 15 is 0 Å². The molecule has 5 rings (SSSR count). The number of hydrogen-bond donors (Lipinski definition) is 0. The second-order valence-electron chi connectivity index (χ2n) is 8.55. The number of nitrogens with zero attached hydrogens (tertiary/aromatic N) is 3. The Morgan fingerprint density at radius 2 is 1.94 bits per heavy atom. The van der Waals surface area contributed by atoms with Gasteiger partial charge in [-0.2, -0.15) is 0 Å². The first-order chi connectivity index (χ1) is 15.1. The monoisotopic (exact) mass is 417 g/mol. The van der Waals surface area contributed by atoms with Gasteiger partial charge in [-0.05, 0) is 49.1 Å². The van der Waals surface area contributed by atoms with E-state index < -0.39 is 0 Å². The van der Waals surface area contributed by atoms with Crippen molar-refractivity contribution in [2.45, 2.75) is 38.5 Å². The van der Waals surface area contributed by atoms with Gasteiger partial charge in [-0.25, -0.2) is 4.98 Å². The fourth-order valence-corrected chi connectivity index (χ4v) is 4.74.